The predicted molar refractivity (Wildman–Crippen MR) is 97.2 cm³/mol. The van der Waals surface area contributed by atoms with Crippen LogP contribution in [0.5, 0.6) is 11.8 Å². The fourth-order valence-electron chi connectivity index (χ4n) is 2.79. The van der Waals surface area contributed by atoms with E-state index in [4.69, 9.17) is 5.73 Å². The number of carbonyl (C=O) groups excluding carboxylic acids is 2. The van der Waals surface area contributed by atoms with Gasteiger partial charge in [0.1, 0.15) is 6.04 Å². The Labute approximate surface area is 150 Å². The van der Waals surface area contributed by atoms with Crippen LogP contribution in [0.15, 0.2) is 29.2 Å². The molecule has 0 aromatic carbocycles. The minimum atomic E-state index is -0.735. The molecule has 2 rings (SSSR count). The number of thioether (sulfide) groups is 1. The van der Waals surface area contributed by atoms with Crippen molar-refractivity contribution >= 4 is 29.3 Å². The molecule has 8 heteroatoms. The highest BCUT2D eigenvalue weighted by Gasteiger charge is 2.32. The number of carbonyl (C=O) groups is 2. The molecule has 2 heterocycles. The molecule has 0 aliphatic carbocycles. The summed E-state index contributed by atoms with van der Waals surface area (Å²) in [7, 11) is 0. The van der Waals surface area contributed by atoms with Gasteiger partial charge in [0.05, 0.1) is 4.90 Å². The van der Waals surface area contributed by atoms with E-state index >= 15 is 0 Å². The van der Waals surface area contributed by atoms with E-state index in [2.05, 4.69) is 0 Å². The number of aromatic hydroxyl groups is 2. The van der Waals surface area contributed by atoms with Crippen molar-refractivity contribution < 1.29 is 19.8 Å². The molecule has 1 aliphatic heterocycles. The number of nitrogens with two attached hydrogens (primary N) is 1. The van der Waals surface area contributed by atoms with Gasteiger partial charge >= 0.3 is 0 Å². The second-order valence-electron chi connectivity index (χ2n) is 5.66. The highest BCUT2D eigenvalue weighted by atomic mass is 32.2. The van der Waals surface area contributed by atoms with Crippen LogP contribution < -0.4 is 5.73 Å². The van der Waals surface area contributed by atoms with Gasteiger partial charge in [-0.3, -0.25) is 14.2 Å². The van der Waals surface area contributed by atoms with Crippen molar-refractivity contribution in [3.05, 3.63) is 24.3 Å². The molecule has 1 saturated heterocycles. The number of likely N-dealkylation sites (tertiary alicyclic amines) is 1. The van der Waals surface area contributed by atoms with Crippen molar-refractivity contribution in [3.8, 4) is 11.8 Å². The third-order valence-corrected chi connectivity index (χ3v) is 5.12. The van der Waals surface area contributed by atoms with Gasteiger partial charge in [-0.2, -0.15) is 0 Å². The number of amides is 2. The normalized spacial score (nSPS) is 16.8. The van der Waals surface area contributed by atoms with Gasteiger partial charge < -0.3 is 20.8 Å². The number of hydrogen-bond donors (Lipinski definition) is 3. The topological polar surface area (TPSA) is 109 Å². The summed E-state index contributed by atoms with van der Waals surface area (Å²) in [4.78, 5) is 25.5. The summed E-state index contributed by atoms with van der Waals surface area (Å²) < 4.78 is 1.31. The Bertz CT molecular complexity index is 724. The van der Waals surface area contributed by atoms with Crippen LogP contribution in [0.4, 0.5) is 0 Å². The largest absolute Gasteiger partial charge is 0.494 e. The summed E-state index contributed by atoms with van der Waals surface area (Å²) in [5.74, 6) is -0.677. The quantitative estimate of drug-likeness (QED) is 0.505. The second-order valence-corrected chi connectivity index (χ2v) is 6.72. The molecule has 0 spiro atoms. The lowest BCUT2D eigenvalue weighted by Crippen LogP contribution is -2.47. The molecule has 0 saturated carbocycles. The first kappa shape index (κ1) is 19.0. The minimum Gasteiger partial charge on any atom is -0.494 e. The van der Waals surface area contributed by atoms with Gasteiger partial charge in [-0.15, -0.1) is 11.8 Å². The van der Waals surface area contributed by atoms with E-state index in [1.165, 1.54) is 27.3 Å². The van der Waals surface area contributed by atoms with Gasteiger partial charge in [-0.25, -0.2) is 0 Å². The van der Waals surface area contributed by atoms with Crippen LogP contribution in [0.25, 0.3) is 5.70 Å². The molecule has 0 bridgehead atoms. The lowest BCUT2D eigenvalue weighted by molar-refractivity contribution is -0.135. The Morgan fingerprint density at radius 3 is 2.68 bits per heavy atom. The number of allylic oxidation sites excluding steroid dienone is 4. The molecule has 0 radical (unpaired) electrons. The first-order valence-corrected chi connectivity index (χ1v) is 9.03. The van der Waals surface area contributed by atoms with Crippen LogP contribution in [-0.4, -0.2) is 49.8 Å². The van der Waals surface area contributed by atoms with Gasteiger partial charge in [0.15, 0.2) is 5.88 Å². The smallest absolute Gasteiger partial charge is 0.241 e. The third-order valence-electron chi connectivity index (χ3n) is 4.02. The number of hydrogen-bond acceptors (Lipinski definition) is 5. The summed E-state index contributed by atoms with van der Waals surface area (Å²) in [5.41, 5.74) is 6.06. The van der Waals surface area contributed by atoms with Crippen molar-refractivity contribution in [3.63, 3.8) is 0 Å². The monoisotopic (exact) mass is 365 g/mol. The van der Waals surface area contributed by atoms with Crippen LogP contribution in [0.3, 0.4) is 0 Å². The summed E-state index contributed by atoms with van der Waals surface area (Å²) in [6.07, 6.45) is 6.43. The van der Waals surface area contributed by atoms with Crippen molar-refractivity contribution in [2.24, 2.45) is 5.73 Å². The maximum absolute atomic E-state index is 11.9. The molecule has 1 aliphatic rings. The number of nitrogens with zero attached hydrogens (tertiary/aromatic N) is 2. The maximum atomic E-state index is 11.9. The third kappa shape index (κ3) is 4.01. The summed E-state index contributed by atoms with van der Waals surface area (Å²) >= 11 is 1.18. The summed E-state index contributed by atoms with van der Waals surface area (Å²) in [5, 5.41) is 20.5. The first-order valence-electron chi connectivity index (χ1n) is 8.05. The standard InChI is InChI=1S/C17H23N3O4S/c1-3-6-11(4-2)20-15(22)9-13(17(20)24)25-10-12(16(18)23)19-8-5-7-14(19)21/h3-4,6,9,12,22,24H,5,7-8,10H2,1-2H3,(H2,18,23). The number of aromatic nitrogens is 1. The number of primary amides is 1. The van der Waals surface area contributed by atoms with E-state index in [0.717, 1.165) is 0 Å². The fraction of sp³-hybridized carbons (Fsp3) is 0.412. The van der Waals surface area contributed by atoms with Crippen LogP contribution in [0, 0.1) is 0 Å². The molecule has 1 unspecified atom stereocenters. The van der Waals surface area contributed by atoms with E-state index < -0.39 is 11.9 Å². The Kier molecular flexibility index (Phi) is 6.19. The van der Waals surface area contributed by atoms with Gasteiger partial charge in [0, 0.05) is 30.5 Å². The maximum Gasteiger partial charge on any atom is 0.241 e. The molecule has 2 amide bonds. The molecule has 25 heavy (non-hydrogen) atoms. The zero-order valence-corrected chi connectivity index (χ0v) is 15.1. The zero-order valence-electron chi connectivity index (χ0n) is 14.3. The van der Waals surface area contributed by atoms with E-state index in [-0.39, 0.29) is 23.4 Å². The molecule has 4 N–H and O–H groups in total. The van der Waals surface area contributed by atoms with Gasteiger partial charge in [-0.05, 0) is 26.3 Å². The molecule has 136 valence electrons. The Morgan fingerprint density at radius 1 is 1.44 bits per heavy atom. The molecule has 1 fully saturated rings. The Hall–Kier alpha value is -2.35. The first-order chi connectivity index (χ1) is 11.9. The van der Waals surface area contributed by atoms with E-state index in [0.29, 0.717) is 30.0 Å². The van der Waals surface area contributed by atoms with Crippen molar-refractivity contribution in [2.45, 2.75) is 37.6 Å². The van der Waals surface area contributed by atoms with Crippen LogP contribution in [-0.2, 0) is 9.59 Å². The number of rotatable bonds is 7. The highest BCUT2D eigenvalue weighted by molar-refractivity contribution is 7.99. The lowest BCUT2D eigenvalue weighted by atomic mass is 10.3. The molecular formula is C17H23N3O4S. The molecule has 1 aromatic heterocycles. The predicted octanol–water partition coefficient (Wildman–Crippen LogP) is 1.90. The van der Waals surface area contributed by atoms with Crippen molar-refractivity contribution in [1.82, 2.24) is 9.47 Å². The van der Waals surface area contributed by atoms with Crippen molar-refractivity contribution in [2.75, 3.05) is 12.3 Å². The second kappa shape index (κ2) is 8.15. The SMILES string of the molecule is CC=CC(=CC)n1c(O)cc(SCC(C(N)=O)N2CCCC2=O)c1O. The summed E-state index contributed by atoms with van der Waals surface area (Å²) in [6.45, 7) is 4.14. The zero-order chi connectivity index (χ0) is 18.6. The van der Waals surface area contributed by atoms with Crippen LogP contribution >= 0.6 is 11.8 Å². The average Bonchev–Trinajstić information content (AvgIpc) is 3.09. The molecule has 7 nitrogen and oxygen atoms in total. The van der Waals surface area contributed by atoms with E-state index in [1.54, 1.807) is 25.2 Å². The van der Waals surface area contributed by atoms with E-state index in [1.807, 2.05) is 6.92 Å². The van der Waals surface area contributed by atoms with Gasteiger partial charge in [0.2, 0.25) is 17.7 Å². The lowest BCUT2D eigenvalue weighted by Gasteiger charge is -2.24. The van der Waals surface area contributed by atoms with Gasteiger partial charge in [0.25, 0.3) is 0 Å². The van der Waals surface area contributed by atoms with Gasteiger partial charge in [-0.1, -0.05) is 12.2 Å². The fourth-order valence-corrected chi connectivity index (χ4v) is 3.88. The molecule has 1 atom stereocenters. The molecule has 1 aromatic rings. The summed E-state index contributed by atoms with van der Waals surface area (Å²) in [6, 6.07) is 0.693. The average molecular weight is 365 g/mol. The molecular weight excluding hydrogens is 342 g/mol. The highest BCUT2D eigenvalue weighted by Crippen LogP contribution is 2.38. The van der Waals surface area contributed by atoms with Crippen LogP contribution in [0.2, 0.25) is 0 Å². The minimum absolute atomic E-state index is 0.0849. The van der Waals surface area contributed by atoms with Crippen LogP contribution in [0.1, 0.15) is 26.7 Å². The van der Waals surface area contributed by atoms with E-state index in [9.17, 15) is 19.8 Å². The Balaban J connectivity index is 2.20. The van der Waals surface area contributed by atoms with Crippen molar-refractivity contribution in [1.29, 1.82) is 0 Å². The Morgan fingerprint density at radius 2 is 2.16 bits per heavy atom.